The van der Waals surface area contributed by atoms with Gasteiger partial charge in [-0.25, -0.2) is 4.98 Å². The summed E-state index contributed by atoms with van der Waals surface area (Å²) in [5, 5.41) is 0.0890. The first kappa shape index (κ1) is 18.0. The fourth-order valence-electron chi connectivity index (χ4n) is 4.80. The van der Waals surface area contributed by atoms with Crippen LogP contribution in [0.3, 0.4) is 0 Å². The fraction of sp³-hybridized carbons (Fsp3) is 0.619. The molecule has 0 amide bonds. The van der Waals surface area contributed by atoms with Crippen molar-refractivity contribution in [3.63, 3.8) is 0 Å². The minimum Gasteiger partial charge on any atom is -0.301 e. The second kappa shape index (κ2) is 8.10. The van der Waals surface area contributed by atoms with Crippen LogP contribution in [0.1, 0.15) is 63.8 Å². The van der Waals surface area contributed by atoms with Crippen LogP contribution in [-0.4, -0.2) is 33.6 Å². The van der Waals surface area contributed by atoms with E-state index in [9.17, 15) is 4.79 Å². The molecule has 0 atom stereocenters. The van der Waals surface area contributed by atoms with E-state index in [4.69, 9.17) is 11.6 Å². The lowest BCUT2D eigenvalue weighted by Crippen LogP contribution is -2.43. The highest BCUT2D eigenvalue weighted by Crippen LogP contribution is 2.29. The molecule has 1 aliphatic heterocycles. The van der Waals surface area contributed by atoms with Gasteiger partial charge < -0.3 is 9.47 Å². The zero-order chi connectivity index (χ0) is 17.9. The van der Waals surface area contributed by atoms with E-state index in [1.54, 1.807) is 0 Å². The van der Waals surface area contributed by atoms with Crippen LogP contribution >= 0.6 is 11.6 Å². The summed E-state index contributed by atoms with van der Waals surface area (Å²) in [5.74, 6) is 0. The molecule has 4 nitrogen and oxygen atoms in total. The minimum atomic E-state index is -0.144. The molecule has 0 spiro atoms. The molecule has 5 heteroatoms. The Hall–Kier alpha value is -1.39. The first-order valence-corrected chi connectivity index (χ1v) is 10.5. The molecule has 1 aromatic carbocycles. The van der Waals surface area contributed by atoms with Crippen molar-refractivity contribution in [3.8, 4) is 0 Å². The second-order valence-electron chi connectivity index (χ2n) is 7.83. The third kappa shape index (κ3) is 3.67. The highest BCUT2D eigenvalue weighted by Gasteiger charge is 2.27. The lowest BCUT2D eigenvalue weighted by atomic mass is 9.93. The van der Waals surface area contributed by atoms with Gasteiger partial charge in [0.1, 0.15) is 0 Å². The largest absolute Gasteiger partial charge is 0.301 e. The van der Waals surface area contributed by atoms with E-state index in [0.717, 1.165) is 43.0 Å². The maximum Gasteiger partial charge on any atom is 0.288 e. The topological polar surface area (TPSA) is 38.1 Å². The maximum atomic E-state index is 12.7. The molecule has 2 aromatic rings. The Morgan fingerprint density at radius 1 is 0.885 bits per heavy atom. The van der Waals surface area contributed by atoms with Gasteiger partial charge in [-0.15, -0.1) is 0 Å². The number of fused-ring (bicyclic) bond motifs is 1. The van der Waals surface area contributed by atoms with Crippen LogP contribution in [0.2, 0.25) is 5.15 Å². The average Bonchev–Trinajstić information content (AvgIpc) is 2.63. The Morgan fingerprint density at radius 3 is 2.27 bits per heavy atom. The third-order valence-electron chi connectivity index (χ3n) is 6.21. The van der Waals surface area contributed by atoms with Crippen LogP contribution < -0.4 is 5.56 Å². The zero-order valence-corrected chi connectivity index (χ0v) is 16.1. The smallest absolute Gasteiger partial charge is 0.288 e. The van der Waals surface area contributed by atoms with E-state index in [2.05, 4.69) is 9.88 Å². The van der Waals surface area contributed by atoms with Gasteiger partial charge in [0.15, 0.2) is 5.15 Å². The summed E-state index contributed by atoms with van der Waals surface area (Å²) in [4.78, 5) is 19.6. The number of hydrogen-bond donors (Lipinski definition) is 0. The van der Waals surface area contributed by atoms with Gasteiger partial charge in [0.25, 0.3) is 5.56 Å². The summed E-state index contributed by atoms with van der Waals surface area (Å²) in [7, 11) is 0. The first-order valence-electron chi connectivity index (χ1n) is 10.1. The second-order valence-corrected chi connectivity index (χ2v) is 8.19. The number of rotatable bonds is 2. The maximum absolute atomic E-state index is 12.7. The van der Waals surface area contributed by atoms with Crippen LogP contribution in [0.4, 0.5) is 0 Å². The lowest BCUT2D eigenvalue weighted by Gasteiger charge is -2.39. The summed E-state index contributed by atoms with van der Waals surface area (Å²) in [6, 6.07) is 8.79. The number of aromatic nitrogens is 2. The fourth-order valence-corrected chi connectivity index (χ4v) is 4.98. The van der Waals surface area contributed by atoms with Gasteiger partial charge in [-0.3, -0.25) is 4.79 Å². The lowest BCUT2D eigenvalue weighted by molar-refractivity contribution is 0.116. The summed E-state index contributed by atoms with van der Waals surface area (Å²) in [6.45, 7) is 2.16. The summed E-state index contributed by atoms with van der Waals surface area (Å²) in [5.41, 5.74) is 1.57. The number of halogens is 1. The van der Waals surface area contributed by atoms with Gasteiger partial charge in [-0.1, -0.05) is 55.8 Å². The monoisotopic (exact) mass is 373 g/mol. The number of nitrogens with zero attached hydrogens (tertiary/aromatic N) is 3. The molecular weight excluding hydrogens is 346 g/mol. The summed E-state index contributed by atoms with van der Waals surface area (Å²) < 4.78 is 1.90. The Labute approximate surface area is 160 Å². The van der Waals surface area contributed by atoms with Crippen molar-refractivity contribution in [2.24, 2.45) is 0 Å². The molecule has 1 saturated heterocycles. The Bertz CT molecular complexity index is 802. The zero-order valence-electron chi connectivity index (χ0n) is 15.4. The third-order valence-corrected chi connectivity index (χ3v) is 6.46. The van der Waals surface area contributed by atoms with E-state index in [1.165, 1.54) is 44.9 Å². The number of benzene rings is 1. The predicted octanol–water partition coefficient (Wildman–Crippen LogP) is 4.80. The number of para-hydroxylation sites is 2. The molecular formula is C21H28ClN3O. The molecule has 0 unspecified atom stereocenters. The normalized spacial score (nSPS) is 21.6. The van der Waals surface area contributed by atoms with Crippen molar-refractivity contribution >= 4 is 22.6 Å². The van der Waals surface area contributed by atoms with Crippen molar-refractivity contribution < 1.29 is 0 Å². The summed E-state index contributed by atoms with van der Waals surface area (Å²) >= 11 is 6.14. The first-order chi connectivity index (χ1) is 12.7. The molecule has 0 radical (unpaired) electrons. The van der Waals surface area contributed by atoms with Crippen LogP contribution in [0.5, 0.6) is 0 Å². The standard InChI is InChI=1S/C21H28ClN3O/c22-20-21(26)25(19-11-7-6-10-18(19)23-20)17-12-14-24(15-13-17)16-8-4-2-1-3-5-9-16/h6-7,10-11,16-17H,1-5,8-9,12-15H2. The van der Waals surface area contributed by atoms with Crippen LogP contribution in [-0.2, 0) is 0 Å². The molecule has 1 saturated carbocycles. The Balaban J connectivity index is 1.52. The number of likely N-dealkylation sites (tertiary alicyclic amines) is 1. The Kier molecular flexibility index (Phi) is 5.60. The number of piperidine rings is 1. The van der Waals surface area contributed by atoms with Gasteiger partial charge >= 0.3 is 0 Å². The minimum absolute atomic E-state index is 0.0890. The average molecular weight is 374 g/mol. The van der Waals surface area contributed by atoms with Gasteiger partial charge in [-0.2, -0.15) is 0 Å². The van der Waals surface area contributed by atoms with Crippen molar-refractivity contribution in [1.29, 1.82) is 0 Å². The van der Waals surface area contributed by atoms with Gasteiger partial charge in [0.05, 0.1) is 11.0 Å². The summed E-state index contributed by atoms with van der Waals surface area (Å²) in [6.07, 6.45) is 11.6. The number of hydrogen-bond acceptors (Lipinski definition) is 3. The Morgan fingerprint density at radius 2 is 1.54 bits per heavy atom. The molecule has 4 rings (SSSR count). The van der Waals surface area contributed by atoms with Crippen molar-refractivity contribution in [2.45, 2.75) is 69.9 Å². The van der Waals surface area contributed by atoms with E-state index in [0.29, 0.717) is 0 Å². The molecule has 0 bridgehead atoms. The van der Waals surface area contributed by atoms with E-state index in [-0.39, 0.29) is 16.8 Å². The molecule has 2 heterocycles. The highest BCUT2D eigenvalue weighted by molar-refractivity contribution is 6.29. The molecule has 0 N–H and O–H groups in total. The predicted molar refractivity (Wildman–Crippen MR) is 107 cm³/mol. The molecule has 1 aliphatic carbocycles. The van der Waals surface area contributed by atoms with Gasteiger partial charge in [0, 0.05) is 25.2 Å². The molecule has 2 fully saturated rings. The van der Waals surface area contributed by atoms with E-state index in [1.807, 2.05) is 28.8 Å². The molecule has 26 heavy (non-hydrogen) atoms. The van der Waals surface area contributed by atoms with Crippen LogP contribution in [0, 0.1) is 0 Å². The molecule has 2 aliphatic rings. The van der Waals surface area contributed by atoms with Crippen molar-refractivity contribution in [1.82, 2.24) is 14.5 Å². The van der Waals surface area contributed by atoms with Crippen LogP contribution in [0.15, 0.2) is 29.1 Å². The molecule has 1 aromatic heterocycles. The quantitative estimate of drug-likeness (QED) is 0.758. The van der Waals surface area contributed by atoms with E-state index >= 15 is 0 Å². The van der Waals surface area contributed by atoms with Crippen LogP contribution in [0.25, 0.3) is 11.0 Å². The SMILES string of the molecule is O=c1c(Cl)nc2ccccc2n1C1CCN(C2CCCCCCC2)CC1. The highest BCUT2D eigenvalue weighted by atomic mass is 35.5. The van der Waals surface area contributed by atoms with Gasteiger partial charge in [-0.05, 0) is 37.8 Å². The van der Waals surface area contributed by atoms with E-state index < -0.39 is 0 Å². The van der Waals surface area contributed by atoms with Crippen molar-refractivity contribution in [3.05, 3.63) is 39.8 Å². The van der Waals surface area contributed by atoms with Gasteiger partial charge in [0.2, 0.25) is 0 Å². The molecule has 140 valence electrons. The van der Waals surface area contributed by atoms with Crippen molar-refractivity contribution in [2.75, 3.05) is 13.1 Å².